The number of allylic oxidation sites excluding steroid dienone is 3. The first-order valence-electron chi connectivity index (χ1n) is 7.89. The van der Waals surface area contributed by atoms with Gasteiger partial charge in [-0.3, -0.25) is 4.79 Å². The number of carbonyl (C=O) groups excluding carboxylic acids is 1. The first kappa shape index (κ1) is 17.9. The molecule has 0 aromatic heterocycles. The van der Waals surface area contributed by atoms with Crippen molar-refractivity contribution in [2.45, 2.75) is 32.0 Å². The third-order valence-corrected chi connectivity index (χ3v) is 4.31. The second-order valence-corrected chi connectivity index (χ2v) is 6.32. The molecule has 2 N–H and O–H groups in total. The number of alkyl halides is 3. The maximum absolute atomic E-state index is 12.6. The van der Waals surface area contributed by atoms with E-state index in [-0.39, 0.29) is 28.9 Å². The first-order chi connectivity index (χ1) is 12.2. The first-order valence-corrected chi connectivity index (χ1v) is 7.89. The third-order valence-electron chi connectivity index (χ3n) is 4.31. The Morgan fingerprint density at radius 1 is 1.27 bits per heavy atom. The number of Topliss-reactive ketones (excluding diaryl/α,β-unsaturated/α-hetero) is 1. The zero-order valence-electron chi connectivity index (χ0n) is 13.8. The lowest BCUT2D eigenvalue weighted by Crippen LogP contribution is -2.29. The van der Waals surface area contributed by atoms with Crippen LogP contribution >= 0.6 is 0 Å². The molecular weight excluding hydrogens is 349 g/mol. The molecule has 0 saturated heterocycles. The summed E-state index contributed by atoms with van der Waals surface area (Å²) in [6, 6.07) is 7.00. The molecule has 0 radical (unpaired) electrons. The van der Waals surface area contributed by atoms with Crippen molar-refractivity contribution < 1.29 is 27.4 Å². The normalized spacial score (nSPS) is 23.3. The SMILES string of the molecule is C[C@H]1CC(=O)C2=C(C1)OC(N)=C(C#N)[C@@H]2c1ccc(OC(F)(F)F)cc1. The van der Waals surface area contributed by atoms with Gasteiger partial charge in [-0.25, -0.2) is 0 Å². The van der Waals surface area contributed by atoms with Crippen LogP contribution in [0.4, 0.5) is 13.2 Å². The molecule has 2 atom stereocenters. The number of benzene rings is 1. The fourth-order valence-electron chi connectivity index (χ4n) is 3.29. The molecule has 1 heterocycles. The van der Waals surface area contributed by atoms with Gasteiger partial charge in [-0.15, -0.1) is 13.2 Å². The molecule has 26 heavy (non-hydrogen) atoms. The van der Waals surface area contributed by atoms with Crippen LogP contribution in [-0.4, -0.2) is 12.1 Å². The van der Waals surface area contributed by atoms with E-state index in [1.165, 1.54) is 12.1 Å². The fraction of sp³-hybridized carbons (Fsp3) is 0.333. The van der Waals surface area contributed by atoms with E-state index in [4.69, 9.17) is 10.5 Å². The molecule has 2 aliphatic rings. The van der Waals surface area contributed by atoms with Crippen LogP contribution in [0.5, 0.6) is 5.75 Å². The van der Waals surface area contributed by atoms with Crippen LogP contribution < -0.4 is 10.5 Å². The van der Waals surface area contributed by atoms with E-state index >= 15 is 0 Å². The summed E-state index contributed by atoms with van der Waals surface area (Å²) < 4.78 is 46.3. The van der Waals surface area contributed by atoms with Crippen LogP contribution in [0.1, 0.15) is 31.2 Å². The van der Waals surface area contributed by atoms with Crippen molar-refractivity contribution in [3.05, 3.63) is 52.6 Å². The minimum absolute atomic E-state index is 0.0659. The summed E-state index contributed by atoms with van der Waals surface area (Å²) >= 11 is 0. The number of ether oxygens (including phenoxy) is 2. The van der Waals surface area contributed by atoms with Gasteiger partial charge in [0.1, 0.15) is 23.2 Å². The zero-order valence-corrected chi connectivity index (χ0v) is 13.8. The van der Waals surface area contributed by atoms with E-state index in [0.717, 1.165) is 12.1 Å². The molecule has 3 rings (SSSR count). The number of ketones is 1. The monoisotopic (exact) mass is 364 g/mol. The molecule has 1 aromatic rings. The minimum atomic E-state index is -4.80. The van der Waals surface area contributed by atoms with Crippen LogP contribution in [0, 0.1) is 17.2 Å². The maximum atomic E-state index is 12.6. The molecule has 5 nitrogen and oxygen atoms in total. The van der Waals surface area contributed by atoms with Crippen LogP contribution in [0.15, 0.2) is 47.1 Å². The molecule has 0 bridgehead atoms. The average molecular weight is 364 g/mol. The molecule has 0 amide bonds. The van der Waals surface area contributed by atoms with E-state index < -0.39 is 12.3 Å². The lowest BCUT2D eigenvalue weighted by Gasteiger charge is -2.33. The fourth-order valence-corrected chi connectivity index (χ4v) is 3.29. The highest BCUT2D eigenvalue weighted by molar-refractivity contribution is 5.99. The number of nitrogens with two attached hydrogens (primary N) is 1. The van der Waals surface area contributed by atoms with Crippen molar-refractivity contribution >= 4 is 5.78 Å². The zero-order chi connectivity index (χ0) is 19.1. The molecule has 1 aliphatic carbocycles. The highest BCUT2D eigenvalue weighted by Crippen LogP contribution is 2.44. The Morgan fingerprint density at radius 2 is 1.92 bits per heavy atom. The highest BCUT2D eigenvalue weighted by Gasteiger charge is 2.39. The van der Waals surface area contributed by atoms with Gasteiger partial charge in [0.15, 0.2) is 5.78 Å². The Labute approximate surface area is 147 Å². The van der Waals surface area contributed by atoms with Crippen molar-refractivity contribution in [1.82, 2.24) is 0 Å². The summed E-state index contributed by atoms with van der Waals surface area (Å²) in [5.74, 6) is -0.884. The van der Waals surface area contributed by atoms with Gasteiger partial charge in [-0.05, 0) is 23.6 Å². The molecule has 0 saturated carbocycles. The van der Waals surface area contributed by atoms with E-state index in [9.17, 15) is 23.2 Å². The number of hydrogen-bond acceptors (Lipinski definition) is 5. The number of hydrogen-bond donors (Lipinski definition) is 1. The van der Waals surface area contributed by atoms with Crippen LogP contribution in [0.25, 0.3) is 0 Å². The summed E-state index contributed by atoms with van der Waals surface area (Å²) in [5.41, 5.74) is 6.73. The predicted molar refractivity (Wildman–Crippen MR) is 84.2 cm³/mol. The molecule has 0 unspecified atom stereocenters. The molecule has 136 valence electrons. The summed E-state index contributed by atoms with van der Waals surface area (Å²) in [4.78, 5) is 12.6. The second kappa shape index (κ2) is 6.41. The smallest absolute Gasteiger partial charge is 0.444 e. The molecule has 0 fully saturated rings. The van der Waals surface area contributed by atoms with Gasteiger partial charge in [-0.2, -0.15) is 5.26 Å². The molecule has 1 aliphatic heterocycles. The molecular formula is C18H15F3N2O3. The predicted octanol–water partition coefficient (Wildman–Crippen LogP) is 3.65. The van der Waals surface area contributed by atoms with Gasteiger partial charge in [-0.1, -0.05) is 19.1 Å². The van der Waals surface area contributed by atoms with Crippen LogP contribution in [-0.2, 0) is 9.53 Å². The Balaban J connectivity index is 2.03. The average Bonchev–Trinajstić information content (AvgIpc) is 2.52. The van der Waals surface area contributed by atoms with Crippen molar-refractivity contribution in [2.75, 3.05) is 0 Å². The largest absolute Gasteiger partial charge is 0.573 e. The number of carbonyl (C=O) groups is 1. The summed E-state index contributed by atoms with van der Waals surface area (Å²) in [7, 11) is 0. The van der Waals surface area contributed by atoms with Crippen molar-refractivity contribution in [2.24, 2.45) is 11.7 Å². The van der Waals surface area contributed by atoms with E-state index in [1.54, 1.807) is 0 Å². The molecule has 8 heteroatoms. The number of nitrogens with zero attached hydrogens (tertiary/aromatic N) is 1. The minimum Gasteiger partial charge on any atom is -0.444 e. The van der Waals surface area contributed by atoms with Crippen molar-refractivity contribution in [3.63, 3.8) is 0 Å². The highest BCUT2D eigenvalue weighted by atomic mass is 19.4. The standard InChI is InChI=1S/C18H15F3N2O3/c1-9-6-13(24)16-14(7-9)25-17(23)12(8-22)15(16)10-2-4-11(5-3-10)26-18(19,20)21/h2-5,9,15H,6-7,23H2,1H3/t9-,15-/m0/s1. The van der Waals surface area contributed by atoms with Crippen LogP contribution in [0.3, 0.4) is 0 Å². The molecule has 0 spiro atoms. The lowest BCUT2D eigenvalue weighted by molar-refractivity contribution is -0.274. The van der Waals surface area contributed by atoms with Gasteiger partial charge in [0.25, 0.3) is 0 Å². The Bertz CT molecular complexity index is 848. The maximum Gasteiger partial charge on any atom is 0.573 e. The van der Waals surface area contributed by atoms with Gasteiger partial charge in [0.05, 0.1) is 5.92 Å². The second-order valence-electron chi connectivity index (χ2n) is 6.32. The quantitative estimate of drug-likeness (QED) is 0.866. The van der Waals surface area contributed by atoms with E-state index in [1.807, 2.05) is 13.0 Å². The lowest BCUT2D eigenvalue weighted by atomic mass is 9.75. The summed E-state index contributed by atoms with van der Waals surface area (Å²) in [6.45, 7) is 1.91. The third kappa shape index (κ3) is 3.38. The van der Waals surface area contributed by atoms with Gasteiger partial charge in [0.2, 0.25) is 5.88 Å². The van der Waals surface area contributed by atoms with Crippen molar-refractivity contribution in [3.8, 4) is 11.8 Å². The topological polar surface area (TPSA) is 85.3 Å². The Hall–Kier alpha value is -2.95. The van der Waals surface area contributed by atoms with Crippen LogP contribution in [0.2, 0.25) is 0 Å². The number of halogens is 3. The van der Waals surface area contributed by atoms with Gasteiger partial charge >= 0.3 is 6.36 Å². The van der Waals surface area contributed by atoms with Crippen molar-refractivity contribution in [1.29, 1.82) is 5.26 Å². The summed E-state index contributed by atoms with van der Waals surface area (Å²) in [6.07, 6.45) is -3.98. The van der Waals surface area contributed by atoms with E-state index in [0.29, 0.717) is 29.7 Å². The van der Waals surface area contributed by atoms with Gasteiger partial charge < -0.3 is 15.2 Å². The number of rotatable bonds is 2. The number of nitriles is 1. The molecule has 1 aromatic carbocycles. The summed E-state index contributed by atoms with van der Waals surface area (Å²) in [5, 5.41) is 9.45. The van der Waals surface area contributed by atoms with Gasteiger partial charge in [0, 0.05) is 18.4 Å². The van der Waals surface area contributed by atoms with E-state index in [2.05, 4.69) is 4.74 Å². The Kier molecular flexibility index (Phi) is 4.40. The Morgan fingerprint density at radius 3 is 2.50 bits per heavy atom.